The van der Waals surface area contributed by atoms with Crippen molar-refractivity contribution in [3.63, 3.8) is 0 Å². The van der Waals surface area contributed by atoms with E-state index >= 15 is 0 Å². The van der Waals surface area contributed by atoms with Crippen LogP contribution in [0.15, 0.2) is 27.6 Å². The molecule has 1 saturated heterocycles. The lowest BCUT2D eigenvalue weighted by Gasteiger charge is -2.23. The van der Waals surface area contributed by atoms with Gasteiger partial charge in [-0.1, -0.05) is 5.16 Å². The van der Waals surface area contributed by atoms with Crippen molar-refractivity contribution in [3.05, 3.63) is 51.4 Å². The second-order valence-corrected chi connectivity index (χ2v) is 6.99. The smallest absolute Gasteiger partial charge is 0.259 e. The molecule has 2 N–H and O–H groups in total. The molecule has 1 aliphatic rings. The zero-order valence-electron chi connectivity index (χ0n) is 15.4. The monoisotopic (exact) mass is 370 g/mol. The van der Waals surface area contributed by atoms with Gasteiger partial charge in [0.2, 0.25) is 0 Å². The molecule has 9 heteroatoms. The van der Waals surface area contributed by atoms with Crippen molar-refractivity contribution in [1.29, 1.82) is 0 Å². The van der Waals surface area contributed by atoms with Crippen LogP contribution in [0, 0.1) is 6.92 Å². The van der Waals surface area contributed by atoms with Gasteiger partial charge >= 0.3 is 0 Å². The van der Waals surface area contributed by atoms with E-state index in [1.165, 1.54) is 11.1 Å². The van der Waals surface area contributed by atoms with E-state index in [1.807, 2.05) is 0 Å². The third kappa shape index (κ3) is 3.37. The van der Waals surface area contributed by atoms with Gasteiger partial charge in [-0.2, -0.15) is 5.10 Å². The predicted molar refractivity (Wildman–Crippen MR) is 97.7 cm³/mol. The number of aromatic nitrogens is 4. The molecule has 0 unspecified atom stereocenters. The molecular weight excluding hydrogens is 348 g/mol. The molecule has 1 fully saturated rings. The van der Waals surface area contributed by atoms with Gasteiger partial charge in [0, 0.05) is 25.1 Å². The second-order valence-electron chi connectivity index (χ2n) is 6.99. The number of aryl methyl sites for hydroxylation is 1. The van der Waals surface area contributed by atoms with Crippen molar-refractivity contribution >= 4 is 11.6 Å². The van der Waals surface area contributed by atoms with E-state index in [0.717, 1.165) is 31.6 Å². The highest BCUT2D eigenvalue weighted by Gasteiger charge is 2.24. The van der Waals surface area contributed by atoms with Crippen LogP contribution in [0.5, 0.6) is 0 Å². The van der Waals surface area contributed by atoms with Gasteiger partial charge in [-0.05, 0) is 32.9 Å². The molecule has 0 aromatic carbocycles. The molecule has 4 rings (SSSR count). The van der Waals surface area contributed by atoms with Gasteiger partial charge in [0.25, 0.3) is 11.5 Å². The number of nitrogens with one attached hydrogen (secondary N) is 2. The van der Waals surface area contributed by atoms with Gasteiger partial charge in [-0.25, -0.2) is 4.52 Å². The number of aromatic amines is 1. The lowest BCUT2D eigenvalue weighted by Crippen LogP contribution is -2.29. The Kier molecular flexibility index (Phi) is 4.53. The summed E-state index contributed by atoms with van der Waals surface area (Å²) in [6, 6.07) is 3.38. The Morgan fingerprint density at radius 1 is 1.37 bits per heavy atom. The number of piperidine rings is 1. The Morgan fingerprint density at radius 3 is 2.85 bits per heavy atom. The molecule has 27 heavy (non-hydrogen) atoms. The van der Waals surface area contributed by atoms with Gasteiger partial charge in [0.1, 0.15) is 22.7 Å². The maximum atomic E-state index is 12.9. The molecular formula is C18H22N6O3. The van der Waals surface area contributed by atoms with Gasteiger partial charge in [-0.3, -0.25) is 9.59 Å². The molecule has 0 saturated carbocycles. The first-order valence-corrected chi connectivity index (χ1v) is 9.02. The minimum Gasteiger partial charge on any atom is -0.361 e. The van der Waals surface area contributed by atoms with Crippen LogP contribution in [0.25, 0.3) is 5.65 Å². The van der Waals surface area contributed by atoms with Crippen molar-refractivity contribution in [1.82, 2.24) is 30.0 Å². The highest BCUT2D eigenvalue weighted by atomic mass is 16.5. The number of hydrogen-bond acceptors (Lipinski definition) is 6. The largest absolute Gasteiger partial charge is 0.361 e. The van der Waals surface area contributed by atoms with E-state index in [2.05, 4.69) is 20.6 Å². The molecule has 0 aliphatic carbocycles. The zero-order chi connectivity index (χ0) is 19.0. The molecule has 1 aliphatic heterocycles. The number of rotatable bonds is 4. The Labute approximate surface area is 155 Å². The standard InChI is InChI=1S/C18H22N6O3/c1-11-7-13(22-27-11)10-23(2)18(26)14-9-20-24-15(8-16(25)21-17(14)24)12-3-5-19-6-4-12/h7-9,12,19H,3-6,10H2,1-2H3,(H,21,25). The molecule has 0 bridgehead atoms. The van der Waals surface area contributed by atoms with E-state index in [1.54, 1.807) is 30.6 Å². The molecule has 0 atom stereocenters. The van der Waals surface area contributed by atoms with Crippen LogP contribution >= 0.6 is 0 Å². The minimum absolute atomic E-state index is 0.222. The molecule has 142 valence electrons. The Morgan fingerprint density at radius 2 is 2.15 bits per heavy atom. The third-order valence-corrected chi connectivity index (χ3v) is 4.94. The average molecular weight is 370 g/mol. The summed E-state index contributed by atoms with van der Waals surface area (Å²) in [5, 5.41) is 11.6. The predicted octanol–water partition coefficient (Wildman–Crippen LogP) is 1.06. The Balaban J connectivity index is 1.66. The van der Waals surface area contributed by atoms with Crippen LogP contribution in [0.1, 0.15) is 46.3 Å². The van der Waals surface area contributed by atoms with Crippen LogP contribution in [0.3, 0.4) is 0 Å². The van der Waals surface area contributed by atoms with Gasteiger partial charge < -0.3 is 19.7 Å². The molecule has 1 amide bonds. The third-order valence-electron chi connectivity index (χ3n) is 4.94. The fourth-order valence-electron chi connectivity index (χ4n) is 3.59. The summed E-state index contributed by atoms with van der Waals surface area (Å²) in [4.78, 5) is 29.4. The number of fused-ring (bicyclic) bond motifs is 1. The molecule has 3 aromatic heterocycles. The summed E-state index contributed by atoms with van der Waals surface area (Å²) < 4.78 is 6.74. The number of nitrogens with zero attached hydrogens (tertiary/aromatic N) is 4. The number of amides is 1. The summed E-state index contributed by atoms with van der Waals surface area (Å²) in [7, 11) is 1.69. The summed E-state index contributed by atoms with van der Waals surface area (Å²) in [6.07, 6.45) is 3.39. The van der Waals surface area contributed by atoms with Gasteiger partial charge in [0.15, 0.2) is 0 Å². The highest BCUT2D eigenvalue weighted by Crippen LogP contribution is 2.25. The molecule has 0 spiro atoms. The first-order chi connectivity index (χ1) is 13.0. The zero-order valence-corrected chi connectivity index (χ0v) is 15.4. The van der Waals surface area contributed by atoms with Gasteiger partial charge in [-0.15, -0.1) is 0 Å². The molecule has 3 aromatic rings. The van der Waals surface area contributed by atoms with Crippen molar-refractivity contribution in [2.75, 3.05) is 20.1 Å². The van der Waals surface area contributed by atoms with E-state index in [-0.39, 0.29) is 17.4 Å². The average Bonchev–Trinajstić information content (AvgIpc) is 3.27. The van der Waals surface area contributed by atoms with Crippen molar-refractivity contribution < 1.29 is 9.32 Å². The second kappa shape index (κ2) is 6.99. The fourth-order valence-corrected chi connectivity index (χ4v) is 3.59. The van der Waals surface area contributed by atoms with Crippen LogP contribution < -0.4 is 10.9 Å². The normalized spacial score (nSPS) is 15.3. The minimum atomic E-state index is -0.233. The summed E-state index contributed by atoms with van der Waals surface area (Å²) in [5.41, 5.74) is 2.10. The van der Waals surface area contributed by atoms with Crippen LogP contribution in [0.4, 0.5) is 0 Å². The molecule has 4 heterocycles. The number of H-pyrrole nitrogens is 1. The van der Waals surface area contributed by atoms with E-state index in [0.29, 0.717) is 29.2 Å². The summed E-state index contributed by atoms with van der Waals surface area (Å²) in [5.74, 6) is 0.705. The van der Waals surface area contributed by atoms with Crippen LogP contribution in [-0.2, 0) is 6.54 Å². The van der Waals surface area contributed by atoms with E-state index in [9.17, 15) is 9.59 Å². The van der Waals surface area contributed by atoms with Crippen LogP contribution in [-0.4, -0.2) is 50.7 Å². The van der Waals surface area contributed by atoms with Crippen molar-refractivity contribution in [2.45, 2.75) is 32.2 Å². The first kappa shape index (κ1) is 17.5. The highest BCUT2D eigenvalue weighted by molar-refractivity contribution is 5.99. The lowest BCUT2D eigenvalue weighted by atomic mass is 9.94. The first-order valence-electron chi connectivity index (χ1n) is 9.02. The maximum Gasteiger partial charge on any atom is 0.259 e. The summed E-state index contributed by atoms with van der Waals surface area (Å²) >= 11 is 0. The Hall–Kier alpha value is -2.94. The molecule has 0 radical (unpaired) electrons. The van der Waals surface area contributed by atoms with Gasteiger partial charge in [0.05, 0.1) is 18.4 Å². The summed E-state index contributed by atoms with van der Waals surface area (Å²) in [6.45, 7) is 3.93. The quantitative estimate of drug-likeness (QED) is 0.711. The topological polar surface area (TPSA) is 109 Å². The van der Waals surface area contributed by atoms with E-state index < -0.39 is 0 Å². The number of carbonyl (C=O) groups is 1. The number of carbonyl (C=O) groups excluding carboxylic acids is 1. The lowest BCUT2D eigenvalue weighted by molar-refractivity contribution is 0.0784. The Bertz CT molecular complexity index is 1030. The van der Waals surface area contributed by atoms with Crippen LogP contribution in [0.2, 0.25) is 0 Å². The van der Waals surface area contributed by atoms with Crippen molar-refractivity contribution in [2.24, 2.45) is 0 Å². The van der Waals surface area contributed by atoms with E-state index in [4.69, 9.17) is 4.52 Å². The fraction of sp³-hybridized carbons (Fsp3) is 0.444. The SMILES string of the molecule is Cc1cc(CN(C)C(=O)c2cnn3c(C4CCNCC4)cc(=O)[nH]c23)no1. The molecule has 9 nitrogen and oxygen atoms in total. The maximum absolute atomic E-state index is 12.9. The van der Waals surface area contributed by atoms with Crippen molar-refractivity contribution in [3.8, 4) is 0 Å². The number of hydrogen-bond donors (Lipinski definition) is 2.